The molecule has 0 saturated heterocycles. The van der Waals surface area contributed by atoms with E-state index in [1.807, 2.05) is 18.5 Å². The highest BCUT2D eigenvalue weighted by Gasteiger charge is 2.34. The van der Waals surface area contributed by atoms with Crippen molar-refractivity contribution in [2.45, 2.75) is 51.0 Å². The lowest BCUT2D eigenvalue weighted by atomic mass is 9.81. The Labute approximate surface area is 189 Å². The Bertz CT molecular complexity index is 1350. The summed E-state index contributed by atoms with van der Waals surface area (Å²) in [5, 5.41) is 18.0. The van der Waals surface area contributed by atoms with E-state index >= 15 is 0 Å². The first-order valence-electron chi connectivity index (χ1n) is 11.0. The lowest BCUT2D eigenvalue weighted by molar-refractivity contribution is -0.136. The van der Waals surface area contributed by atoms with Crippen LogP contribution in [0.15, 0.2) is 48.7 Å². The average Bonchev–Trinajstić information content (AvgIpc) is 3.38. The van der Waals surface area contributed by atoms with Gasteiger partial charge < -0.3 is 5.11 Å². The molecule has 8 heteroatoms. The summed E-state index contributed by atoms with van der Waals surface area (Å²) < 4.78 is 31.8. The molecule has 1 N–H and O–H groups in total. The van der Waals surface area contributed by atoms with Crippen LogP contribution in [0.4, 0.5) is 8.78 Å². The van der Waals surface area contributed by atoms with E-state index in [4.69, 9.17) is 0 Å². The molecule has 1 aromatic carbocycles. The van der Waals surface area contributed by atoms with E-state index < -0.39 is 17.3 Å². The molecular formula is C25H24F2N4O2. The first kappa shape index (κ1) is 21.3. The molecule has 1 aliphatic carbocycles. The van der Waals surface area contributed by atoms with Gasteiger partial charge in [0.05, 0.1) is 29.9 Å². The van der Waals surface area contributed by atoms with Crippen LogP contribution in [0, 0.1) is 11.8 Å². The number of rotatable bonds is 5. The van der Waals surface area contributed by atoms with Crippen LogP contribution in [-0.4, -0.2) is 30.5 Å². The van der Waals surface area contributed by atoms with E-state index in [0.29, 0.717) is 23.9 Å². The SMILES string of the molecule is CC(C)(c1ccc(F)cc1)c1cnnn1C1CCc2c(CC(=O)O)c3cccc(F)n3c2C1. The van der Waals surface area contributed by atoms with Crippen molar-refractivity contribution in [1.29, 1.82) is 0 Å². The van der Waals surface area contributed by atoms with E-state index in [-0.39, 0.29) is 18.3 Å². The predicted octanol–water partition coefficient (Wildman–Crippen LogP) is 4.49. The van der Waals surface area contributed by atoms with Gasteiger partial charge in [0.2, 0.25) is 0 Å². The quantitative estimate of drug-likeness (QED) is 0.455. The van der Waals surface area contributed by atoms with Crippen LogP contribution in [0.2, 0.25) is 0 Å². The van der Waals surface area contributed by atoms with Crippen molar-refractivity contribution in [2.24, 2.45) is 0 Å². The second kappa shape index (κ2) is 7.79. The highest BCUT2D eigenvalue weighted by atomic mass is 19.1. The molecule has 3 aromatic heterocycles. The zero-order chi connectivity index (χ0) is 23.3. The van der Waals surface area contributed by atoms with Crippen molar-refractivity contribution in [3.8, 4) is 0 Å². The Hall–Kier alpha value is -3.55. The Morgan fingerprint density at radius 1 is 1.18 bits per heavy atom. The van der Waals surface area contributed by atoms with E-state index in [1.54, 1.807) is 34.9 Å². The number of carboxylic acid groups (broad SMARTS) is 1. The van der Waals surface area contributed by atoms with Gasteiger partial charge in [0.15, 0.2) is 5.95 Å². The number of nitrogens with zero attached hydrogens (tertiary/aromatic N) is 4. The van der Waals surface area contributed by atoms with Crippen LogP contribution in [0.3, 0.4) is 0 Å². The van der Waals surface area contributed by atoms with Gasteiger partial charge in [-0.05, 0) is 53.8 Å². The number of aromatic nitrogens is 4. The molecule has 33 heavy (non-hydrogen) atoms. The highest BCUT2D eigenvalue weighted by Crippen LogP contribution is 2.38. The second-order valence-electron chi connectivity index (χ2n) is 9.14. The predicted molar refractivity (Wildman–Crippen MR) is 118 cm³/mol. The fourth-order valence-corrected chi connectivity index (χ4v) is 5.13. The number of hydrogen-bond donors (Lipinski definition) is 1. The number of carboxylic acids is 1. The van der Waals surface area contributed by atoms with Gasteiger partial charge in [-0.15, -0.1) is 5.10 Å². The number of aliphatic carboxylic acids is 1. The summed E-state index contributed by atoms with van der Waals surface area (Å²) in [6, 6.07) is 11.1. The lowest BCUT2D eigenvalue weighted by Crippen LogP contribution is -2.29. The van der Waals surface area contributed by atoms with Crippen molar-refractivity contribution >= 4 is 11.5 Å². The summed E-state index contributed by atoms with van der Waals surface area (Å²) in [5.41, 5.74) is 4.34. The molecule has 0 aliphatic heterocycles. The van der Waals surface area contributed by atoms with Crippen molar-refractivity contribution < 1.29 is 18.7 Å². The summed E-state index contributed by atoms with van der Waals surface area (Å²) in [6.45, 7) is 4.09. The molecule has 1 aliphatic rings. The van der Waals surface area contributed by atoms with Crippen molar-refractivity contribution in [3.05, 3.63) is 88.5 Å². The van der Waals surface area contributed by atoms with Gasteiger partial charge in [-0.2, -0.15) is 4.39 Å². The fraction of sp³-hybridized carbons (Fsp3) is 0.320. The Balaban J connectivity index is 1.56. The zero-order valence-electron chi connectivity index (χ0n) is 18.4. The molecule has 0 bridgehead atoms. The molecule has 5 rings (SSSR count). The van der Waals surface area contributed by atoms with Crippen LogP contribution in [0.5, 0.6) is 0 Å². The van der Waals surface area contributed by atoms with Gasteiger partial charge in [-0.1, -0.05) is 37.3 Å². The van der Waals surface area contributed by atoms with Gasteiger partial charge in [0.25, 0.3) is 0 Å². The van der Waals surface area contributed by atoms with Gasteiger partial charge in [0.1, 0.15) is 5.82 Å². The van der Waals surface area contributed by atoms with Gasteiger partial charge in [0, 0.05) is 17.5 Å². The number of pyridine rings is 1. The minimum absolute atomic E-state index is 0.0647. The minimum atomic E-state index is -0.934. The summed E-state index contributed by atoms with van der Waals surface area (Å²) >= 11 is 0. The van der Waals surface area contributed by atoms with Crippen molar-refractivity contribution in [1.82, 2.24) is 19.4 Å². The maximum atomic E-state index is 14.9. The number of carbonyl (C=O) groups is 1. The largest absolute Gasteiger partial charge is 0.481 e. The summed E-state index contributed by atoms with van der Waals surface area (Å²) in [4.78, 5) is 11.5. The van der Waals surface area contributed by atoms with E-state index in [2.05, 4.69) is 10.3 Å². The summed E-state index contributed by atoms with van der Waals surface area (Å²) in [6.07, 6.45) is 3.45. The molecule has 0 saturated carbocycles. The highest BCUT2D eigenvalue weighted by molar-refractivity contribution is 5.77. The summed E-state index contributed by atoms with van der Waals surface area (Å²) in [5.74, 6) is -1.64. The van der Waals surface area contributed by atoms with Crippen LogP contribution in [-0.2, 0) is 29.5 Å². The minimum Gasteiger partial charge on any atom is -0.481 e. The molecule has 0 fully saturated rings. The Kier molecular flexibility index (Phi) is 5.03. The zero-order valence-corrected chi connectivity index (χ0v) is 18.4. The van der Waals surface area contributed by atoms with Gasteiger partial charge >= 0.3 is 5.97 Å². The third kappa shape index (κ3) is 3.50. The molecule has 1 atom stereocenters. The van der Waals surface area contributed by atoms with Crippen molar-refractivity contribution in [3.63, 3.8) is 0 Å². The van der Waals surface area contributed by atoms with Crippen LogP contribution in [0.1, 0.15) is 54.4 Å². The van der Waals surface area contributed by atoms with Gasteiger partial charge in [-0.25, -0.2) is 9.07 Å². The molecule has 170 valence electrons. The number of hydrogen-bond acceptors (Lipinski definition) is 3. The third-order valence-electron chi connectivity index (χ3n) is 6.85. The second-order valence-corrected chi connectivity index (χ2v) is 9.14. The Morgan fingerprint density at radius 2 is 1.94 bits per heavy atom. The first-order chi connectivity index (χ1) is 15.8. The van der Waals surface area contributed by atoms with Crippen molar-refractivity contribution in [2.75, 3.05) is 0 Å². The number of halogens is 2. The first-order valence-corrected chi connectivity index (χ1v) is 11.0. The maximum Gasteiger partial charge on any atom is 0.307 e. The molecule has 0 radical (unpaired) electrons. The topological polar surface area (TPSA) is 72.4 Å². The molecule has 6 nitrogen and oxygen atoms in total. The van der Waals surface area contributed by atoms with E-state index in [1.165, 1.54) is 18.2 Å². The molecule has 0 amide bonds. The lowest BCUT2D eigenvalue weighted by Gasteiger charge is -2.30. The monoisotopic (exact) mass is 450 g/mol. The normalized spacial score (nSPS) is 16.2. The molecule has 0 spiro atoms. The fourth-order valence-electron chi connectivity index (χ4n) is 5.13. The molecule has 3 heterocycles. The van der Waals surface area contributed by atoms with E-state index in [0.717, 1.165) is 28.9 Å². The van der Waals surface area contributed by atoms with Crippen LogP contribution < -0.4 is 0 Å². The smallest absolute Gasteiger partial charge is 0.307 e. The molecule has 4 aromatic rings. The standard InChI is InChI=1S/C25H24F2N4O2/c1-25(2,15-6-8-16(26)9-7-15)22-14-28-29-31(22)17-10-11-18-19(13-24(32)33)20-4-3-5-23(27)30(20)21(18)12-17/h3-9,14,17H,10-13H2,1-2H3,(H,32,33). The molecular weight excluding hydrogens is 426 g/mol. The molecule has 1 unspecified atom stereocenters. The van der Waals surface area contributed by atoms with Crippen LogP contribution >= 0.6 is 0 Å². The van der Waals surface area contributed by atoms with Crippen LogP contribution in [0.25, 0.3) is 5.52 Å². The number of fused-ring (bicyclic) bond motifs is 3. The maximum absolute atomic E-state index is 14.9. The van der Waals surface area contributed by atoms with E-state index in [9.17, 15) is 18.7 Å². The van der Waals surface area contributed by atoms with Gasteiger partial charge in [-0.3, -0.25) is 9.20 Å². The third-order valence-corrected chi connectivity index (χ3v) is 6.85. The Morgan fingerprint density at radius 3 is 2.67 bits per heavy atom. The average molecular weight is 450 g/mol. The summed E-state index contributed by atoms with van der Waals surface area (Å²) in [7, 11) is 0. The number of benzene rings is 1.